The third-order valence-corrected chi connectivity index (χ3v) is 4.86. The minimum Gasteiger partial charge on any atom is -0.345 e. The minimum atomic E-state index is -0.108. The normalized spacial score (nSPS) is 11.0. The summed E-state index contributed by atoms with van der Waals surface area (Å²) in [5.74, 6) is -0.123. The zero-order valence-corrected chi connectivity index (χ0v) is 17.5. The molecule has 4 nitrogen and oxygen atoms in total. The molecule has 1 heterocycles. The first-order valence-electron chi connectivity index (χ1n) is 9.31. The van der Waals surface area contributed by atoms with Crippen LogP contribution in [-0.2, 0) is 6.54 Å². The van der Waals surface area contributed by atoms with Crippen molar-refractivity contribution in [3.63, 3.8) is 0 Å². The van der Waals surface area contributed by atoms with E-state index in [2.05, 4.69) is 0 Å². The first-order chi connectivity index (χ1) is 13.9. The summed E-state index contributed by atoms with van der Waals surface area (Å²) < 4.78 is 1.89. The van der Waals surface area contributed by atoms with Gasteiger partial charge in [0, 0.05) is 43.0 Å². The molecule has 5 heteroatoms. The number of rotatable bonds is 6. The topological polar surface area (TPSA) is 42.3 Å². The summed E-state index contributed by atoms with van der Waals surface area (Å²) in [5, 5.41) is 0.517. The summed E-state index contributed by atoms with van der Waals surface area (Å²) in [7, 11) is 3.42. The fourth-order valence-electron chi connectivity index (χ4n) is 3.03. The van der Waals surface area contributed by atoms with Gasteiger partial charge in [-0.1, -0.05) is 59.6 Å². The highest BCUT2D eigenvalue weighted by atomic mass is 35.5. The van der Waals surface area contributed by atoms with Gasteiger partial charge in [0.15, 0.2) is 0 Å². The summed E-state index contributed by atoms with van der Waals surface area (Å²) in [6.45, 7) is 2.51. The molecule has 0 saturated carbocycles. The number of ketones is 1. The van der Waals surface area contributed by atoms with Gasteiger partial charge in [0.2, 0.25) is 5.78 Å². The molecule has 1 aromatic heterocycles. The molecule has 29 heavy (non-hydrogen) atoms. The smallest absolute Gasteiger partial charge is 0.253 e. The number of hydrogen-bond donors (Lipinski definition) is 0. The molecule has 0 bridgehead atoms. The van der Waals surface area contributed by atoms with E-state index < -0.39 is 0 Å². The van der Waals surface area contributed by atoms with E-state index in [9.17, 15) is 9.59 Å². The average molecular weight is 407 g/mol. The molecule has 0 aliphatic carbocycles. The van der Waals surface area contributed by atoms with Gasteiger partial charge in [-0.3, -0.25) is 9.59 Å². The van der Waals surface area contributed by atoms with Crippen LogP contribution in [0.4, 0.5) is 0 Å². The van der Waals surface area contributed by atoms with Gasteiger partial charge in [0.25, 0.3) is 5.91 Å². The van der Waals surface area contributed by atoms with E-state index in [1.165, 1.54) is 4.90 Å². The number of amides is 1. The van der Waals surface area contributed by atoms with Crippen molar-refractivity contribution in [3.05, 3.63) is 99.8 Å². The number of allylic oxidation sites excluding steroid dienone is 1. The van der Waals surface area contributed by atoms with Crippen LogP contribution in [0, 0.1) is 6.92 Å². The van der Waals surface area contributed by atoms with Gasteiger partial charge < -0.3 is 9.47 Å². The number of aromatic nitrogens is 1. The summed E-state index contributed by atoms with van der Waals surface area (Å²) >= 11 is 6.07. The van der Waals surface area contributed by atoms with Crippen LogP contribution in [0.15, 0.2) is 66.9 Å². The quantitative estimate of drug-likeness (QED) is 0.534. The Morgan fingerprint density at radius 1 is 1.07 bits per heavy atom. The molecule has 2 aromatic carbocycles. The van der Waals surface area contributed by atoms with Crippen LogP contribution in [0.3, 0.4) is 0 Å². The van der Waals surface area contributed by atoms with E-state index in [1.54, 1.807) is 26.2 Å². The Bertz CT molecular complexity index is 1060. The second-order valence-electron chi connectivity index (χ2n) is 7.07. The Labute approximate surface area is 176 Å². The Morgan fingerprint density at radius 2 is 1.79 bits per heavy atom. The molecule has 0 spiro atoms. The van der Waals surface area contributed by atoms with Crippen molar-refractivity contribution >= 4 is 29.4 Å². The van der Waals surface area contributed by atoms with Gasteiger partial charge in [0.05, 0.1) is 5.69 Å². The lowest BCUT2D eigenvalue weighted by atomic mass is 10.1. The van der Waals surface area contributed by atoms with Gasteiger partial charge in [-0.05, 0) is 36.8 Å². The number of aryl methyl sites for hydroxylation is 1. The van der Waals surface area contributed by atoms with Crippen molar-refractivity contribution in [2.75, 3.05) is 14.1 Å². The van der Waals surface area contributed by atoms with Crippen molar-refractivity contribution < 1.29 is 9.59 Å². The predicted octanol–water partition coefficient (Wildman–Crippen LogP) is 5.10. The van der Waals surface area contributed by atoms with Gasteiger partial charge in [-0.2, -0.15) is 0 Å². The molecular formula is C24H23ClN2O2. The summed E-state index contributed by atoms with van der Waals surface area (Å²) in [6.07, 6.45) is 5.69. The standard InChI is InChI=1S/C24H23ClN2O2/c1-17-8-10-19(11-9-17)23(28)22-7-5-15-27(22)14-4-6-18-12-13-20(25)16-21(18)24(29)26(2)3/h4-13,15-16H,14H2,1-3H3. The summed E-state index contributed by atoms with van der Waals surface area (Å²) in [5.41, 5.74) is 3.73. The van der Waals surface area contributed by atoms with E-state index in [-0.39, 0.29) is 11.7 Å². The maximum Gasteiger partial charge on any atom is 0.253 e. The number of carbonyl (C=O) groups excluding carboxylic acids is 2. The zero-order chi connectivity index (χ0) is 21.0. The lowest BCUT2D eigenvalue weighted by Crippen LogP contribution is -2.22. The maximum atomic E-state index is 12.8. The fraction of sp³-hybridized carbons (Fsp3) is 0.167. The van der Waals surface area contributed by atoms with E-state index in [0.29, 0.717) is 28.4 Å². The lowest BCUT2D eigenvalue weighted by molar-refractivity contribution is 0.0827. The second-order valence-corrected chi connectivity index (χ2v) is 7.51. The van der Waals surface area contributed by atoms with Gasteiger partial charge in [0.1, 0.15) is 0 Å². The van der Waals surface area contributed by atoms with Crippen LogP contribution in [-0.4, -0.2) is 35.3 Å². The first kappa shape index (κ1) is 20.6. The van der Waals surface area contributed by atoms with Crippen LogP contribution in [0.5, 0.6) is 0 Å². The number of benzene rings is 2. The highest BCUT2D eigenvalue weighted by molar-refractivity contribution is 6.31. The molecule has 3 aromatic rings. The zero-order valence-electron chi connectivity index (χ0n) is 16.7. The Hall–Kier alpha value is -3.11. The molecule has 0 radical (unpaired) electrons. The van der Waals surface area contributed by atoms with Gasteiger partial charge in [-0.15, -0.1) is 0 Å². The first-order valence-corrected chi connectivity index (χ1v) is 9.69. The molecule has 0 unspecified atom stereocenters. The van der Waals surface area contributed by atoms with Crippen molar-refractivity contribution in [1.29, 1.82) is 0 Å². The largest absolute Gasteiger partial charge is 0.345 e. The van der Waals surface area contributed by atoms with E-state index >= 15 is 0 Å². The van der Waals surface area contributed by atoms with Crippen molar-refractivity contribution in [2.24, 2.45) is 0 Å². The molecule has 0 fully saturated rings. The van der Waals surface area contributed by atoms with Crippen LogP contribution < -0.4 is 0 Å². The van der Waals surface area contributed by atoms with Crippen molar-refractivity contribution in [1.82, 2.24) is 9.47 Å². The molecule has 148 valence electrons. The predicted molar refractivity (Wildman–Crippen MR) is 118 cm³/mol. The van der Waals surface area contributed by atoms with E-state index in [4.69, 9.17) is 11.6 Å². The second kappa shape index (κ2) is 8.93. The maximum absolute atomic E-state index is 12.8. The van der Waals surface area contributed by atoms with Crippen molar-refractivity contribution in [3.8, 4) is 0 Å². The number of hydrogen-bond acceptors (Lipinski definition) is 2. The van der Waals surface area contributed by atoms with E-state index in [1.807, 2.05) is 72.3 Å². The monoisotopic (exact) mass is 406 g/mol. The summed E-state index contributed by atoms with van der Waals surface area (Å²) in [4.78, 5) is 26.8. The molecule has 0 aliphatic heterocycles. The average Bonchev–Trinajstić information content (AvgIpc) is 3.17. The Morgan fingerprint density at radius 3 is 2.48 bits per heavy atom. The number of carbonyl (C=O) groups is 2. The molecular weight excluding hydrogens is 384 g/mol. The van der Waals surface area contributed by atoms with Crippen LogP contribution in [0.1, 0.15) is 37.5 Å². The third-order valence-electron chi connectivity index (χ3n) is 4.63. The SMILES string of the molecule is Cc1ccc(C(=O)c2cccn2CC=Cc2ccc(Cl)cc2C(=O)N(C)C)cc1. The molecule has 0 N–H and O–H groups in total. The Balaban J connectivity index is 1.81. The van der Waals surface area contributed by atoms with Crippen molar-refractivity contribution in [2.45, 2.75) is 13.5 Å². The minimum absolute atomic E-state index is 0.0154. The van der Waals surface area contributed by atoms with Gasteiger partial charge in [-0.25, -0.2) is 0 Å². The highest BCUT2D eigenvalue weighted by Crippen LogP contribution is 2.19. The number of halogens is 1. The van der Waals surface area contributed by atoms with E-state index in [0.717, 1.165) is 11.1 Å². The highest BCUT2D eigenvalue weighted by Gasteiger charge is 2.14. The third kappa shape index (κ3) is 4.84. The molecule has 0 aliphatic rings. The molecule has 0 saturated heterocycles. The molecule has 3 rings (SSSR count). The van der Waals surface area contributed by atoms with Gasteiger partial charge >= 0.3 is 0 Å². The van der Waals surface area contributed by atoms with Crippen LogP contribution >= 0.6 is 11.6 Å². The molecule has 0 atom stereocenters. The fourth-order valence-corrected chi connectivity index (χ4v) is 3.20. The molecule has 1 amide bonds. The van der Waals surface area contributed by atoms with Crippen LogP contribution in [0.2, 0.25) is 5.02 Å². The summed E-state index contributed by atoms with van der Waals surface area (Å²) in [6, 6.07) is 16.5. The van der Waals surface area contributed by atoms with Crippen LogP contribution in [0.25, 0.3) is 6.08 Å². The Kier molecular flexibility index (Phi) is 6.35. The number of nitrogens with zero attached hydrogens (tertiary/aromatic N) is 2. The lowest BCUT2D eigenvalue weighted by Gasteiger charge is -2.13.